The van der Waals surface area contributed by atoms with Crippen LogP contribution < -0.4 is 20.7 Å². The predicted molar refractivity (Wildman–Crippen MR) is 115 cm³/mol. The molecule has 3 rings (SSSR count). The fourth-order valence-electron chi connectivity index (χ4n) is 2.97. The number of benzene rings is 3. The van der Waals surface area contributed by atoms with Crippen molar-refractivity contribution in [3.63, 3.8) is 0 Å². The zero-order valence-electron chi connectivity index (χ0n) is 15.4. The summed E-state index contributed by atoms with van der Waals surface area (Å²) in [6, 6.07) is 23.0. The molecule has 3 aromatic carbocycles. The van der Waals surface area contributed by atoms with Crippen molar-refractivity contribution in [1.82, 2.24) is 0 Å². The van der Waals surface area contributed by atoms with Crippen LogP contribution in [-0.2, 0) is 0 Å². The van der Waals surface area contributed by atoms with E-state index >= 15 is 0 Å². The summed E-state index contributed by atoms with van der Waals surface area (Å²) >= 11 is 6.45. The number of hydrogen-bond acceptors (Lipinski definition) is 2. The number of nitrogens with one attached hydrogen (secondary N) is 1. The van der Waals surface area contributed by atoms with E-state index in [4.69, 9.17) is 11.6 Å². The average Bonchev–Trinajstić information content (AvgIpc) is 2.64. The van der Waals surface area contributed by atoms with Gasteiger partial charge in [0, 0.05) is 26.8 Å². The lowest BCUT2D eigenvalue weighted by atomic mass is 9.95. The maximum absolute atomic E-state index is 6.45. The van der Waals surface area contributed by atoms with Crippen LogP contribution in [0.4, 0.5) is 11.4 Å². The van der Waals surface area contributed by atoms with E-state index in [2.05, 4.69) is 59.3 Å². The van der Waals surface area contributed by atoms with Crippen molar-refractivity contribution in [2.24, 2.45) is 0 Å². The molecular formula is C23H23ClN2. The van der Waals surface area contributed by atoms with Crippen LogP contribution in [0, 0.1) is 0 Å². The number of anilines is 2. The summed E-state index contributed by atoms with van der Waals surface area (Å²) in [6.45, 7) is 3.99. The van der Waals surface area contributed by atoms with Gasteiger partial charge >= 0.3 is 0 Å². The summed E-state index contributed by atoms with van der Waals surface area (Å²) in [5, 5.41) is 5.96. The number of halogens is 1. The third kappa shape index (κ3) is 3.76. The van der Waals surface area contributed by atoms with Crippen molar-refractivity contribution in [2.75, 3.05) is 31.4 Å². The van der Waals surface area contributed by atoms with Crippen molar-refractivity contribution < 1.29 is 0 Å². The van der Waals surface area contributed by atoms with Gasteiger partial charge in [0.15, 0.2) is 0 Å². The van der Waals surface area contributed by atoms with E-state index in [9.17, 15) is 0 Å². The first kappa shape index (κ1) is 18.1. The standard InChI is InChI=1S/C23H23ClN2/c1-16-5-7-17(8-6-16)23(18-9-12-20(13-10-18)26(3)4)19-11-14-22(25-2)21(24)15-19/h5-15,25H,1H2,2-4H3. The van der Waals surface area contributed by atoms with Crippen molar-refractivity contribution in [2.45, 2.75) is 0 Å². The van der Waals surface area contributed by atoms with Gasteiger partial charge in [-0.15, -0.1) is 0 Å². The van der Waals surface area contributed by atoms with E-state index in [0.29, 0.717) is 5.02 Å². The molecule has 1 N–H and O–H groups in total. The van der Waals surface area contributed by atoms with Crippen molar-refractivity contribution in [1.29, 1.82) is 0 Å². The average molecular weight is 363 g/mol. The molecule has 132 valence electrons. The van der Waals surface area contributed by atoms with Gasteiger partial charge in [0.25, 0.3) is 0 Å². The molecule has 0 aliphatic heterocycles. The Balaban J connectivity index is 2.24. The third-order valence-corrected chi connectivity index (χ3v) is 4.75. The molecule has 0 bridgehead atoms. The summed E-state index contributed by atoms with van der Waals surface area (Å²) in [7, 11) is 5.96. The number of nitrogens with zero attached hydrogens (tertiary/aromatic N) is 1. The molecule has 0 aliphatic rings. The molecule has 0 atom stereocenters. The Labute approximate surface area is 160 Å². The summed E-state index contributed by atoms with van der Waals surface area (Å²) in [6.07, 6.45) is 0. The van der Waals surface area contributed by atoms with E-state index < -0.39 is 0 Å². The predicted octanol–water partition coefficient (Wildman–Crippen LogP) is 4.11. The van der Waals surface area contributed by atoms with Gasteiger partial charge in [-0.25, -0.2) is 0 Å². The molecule has 0 heterocycles. The molecule has 2 nitrogen and oxygen atoms in total. The summed E-state index contributed by atoms with van der Waals surface area (Å²) in [5.41, 5.74) is 5.49. The van der Waals surface area contributed by atoms with Crippen LogP contribution in [0.1, 0.15) is 11.1 Å². The van der Waals surface area contributed by atoms with Gasteiger partial charge in [-0.05, 0) is 51.4 Å². The van der Waals surface area contributed by atoms with E-state index in [0.717, 1.165) is 32.8 Å². The van der Waals surface area contributed by atoms with Crippen LogP contribution in [0.25, 0.3) is 12.2 Å². The zero-order chi connectivity index (χ0) is 18.7. The Morgan fingerprint density at radius 1 is 0.885 bits per heavy atom. The Kier molecular flexibility index (Phi) is 5.34. The van der Waals surface area contributed by atoms with Gasteiger partial charge in [-0.3, -0.25) is 0 Å². The molecule has 0 aromatic heterocycles. The SMILES string of the molecule is C=c1ccc(=C(c2ccc(N(C)C)cc2)c2ccc(NC)c(Cl)c2)cc1. The lowest BCUT2D eigenvalue weighted by Crippen LogP contribution is -2.12. The first-order valence-electron chi connectivity index (χ1n) is 8.54. The van der Waals surface area contributed by atoms with Gasteiger partial charge in [-0.1, -0.05) is 60.6 Å². The smallest absolute Gasteiger partial charge is 0.0643 e. The molecule has 0 unspecified atom stereocenters. The minimum absolute atomic E-state index is 0.709. The van der Waals surface area contributed by atoms with Gasteiger partial charge in [0.2, 0.25) is 0 Å². The maximum atomic E-state index is 6.45. The molecule has 0 radical (unpaired) electrons. The number of rotatable bonds is 4. The minimum atomic E-state index is 0.709. The Morgan fingerprint density at radius 2 is 1.50 bits per heavy atom. The molecule has 3 heteroatoms. The highest BCUT2D eigenvalue weighted by Gasteiger charge is 2.09. The highest BCUT2D eigenvalue weighted by Crippen LogP contribution is 2.29. The van der Waals surface area contributed by atoms with Gasteiger partial charge in [-0.2, -0.15) is 0 Å². The Hall–Kier alpha value is -2.71. The topological polar surface area (TPSA) is 15.3 Å². The van der Waals surface area contributed by atoms with Crippen LogP contribution in [-0.4, -0.2) is 21.1 Å². The Morgan fingerprint density at radius 3 is 2.04 bits per heavy atom. The van der Waals surface area contributed by atoms with E-state index in [1.54, 1.807) is 0 Å². The zero-order valence-corrected chi connectivity index (χ0v) is 16.1. The van der Waals surface area contributed by atoms with E-state index in [1.807, 2.05) is 45.4 Å². The lowest BCUT2D eigenvalue weighted by molar-refractivity contribution is 1.13. The van der Waals surface area contributed by atoms with Crippen molar-refractivity contribution in [3.8, 4) is 0 Å². The maximum Gasteiger partial charge on any atom is 0.0643 e. The minimum Gasteiger partial charge on any atom is -0.387 e. The van der Waals surface area contributed by atoms with Crippen molar-refractivity contribution >= 4 is 35.1 Å². The summed E-state index contributed by atoms with van der Waals surface area (Å²) in [5.74, 6) is 0. The first-order valence-corrected chi connectivity index (χ1v) is 8.92. The molecule has 0 saturated carbocycles. The van der Waals surface area contributed by atoms with Crippen LogP contribution in [0.15, 0.2) is 66.7 Å². The summed E-state index contributed by atoms with van der Waals surface area (Å²) < 4.78 is 0. The second kappa shape index (κ2) is 7.67. The third-order valence-electron chi connectivity index (χ3n) is 4.44. The second-order valence-electron chi connectivity index (χ2n) is 6.46. The van der Waals surface area contributed by atoms with Gasteiger partial charge in [0.05, 0.1) is 10.7 Å². The fraction of sp³-hybridized carbons (Fsp3) is 0.130. The fourth-order valence-corrected chi connectivity index (χ4v) is 3.25. The van der Waals surface area contributed by atoms with Crippen LogP contribution in [0.5, 0.6) is 0 Å². The van der Waals surface area contributed by atoms with Crippen LogP contribution in [0.3, 0.4) is 0 Å². The second-order valence-corrected chi connectivity index (χ2v) is 6.87. The molecule has 0 spiro atoms. The van der Waals surface area contributed by atoms with Gasteiger partial charge < -0.3 is 10.2 Å². The van der Waals surface area contributed by atoms with Crippen LogP contribution in [0.2, 0.25) is 5.02 Å². The molecular weight excluding hydrogens is 340 g/mol. The molecule has 3 aromatic rings. The lowest BCUT2D eigenvalue weighted by Gasteiger charge is -2.15. The monoisotopic (exact) mass is 362 g/mol. The van der Waals surface area contributed by atoms with E-state index in [-0.39, 0.29) is 0 Å². The molecule has 26 heavy (non-hydrogen) atoms. The normalized spacial score (nSPS) is 10.5. The largest absolute Gasteiger partial charge is 0.387 e. The highest BCUT2D eigenvalue weighted by atomic mass is 35.5. The Bertz CT molecular complexity index is 998. The molecule has 0 amide bonds. The van der Waals surface area contributed by atoms with E-state index in [1.165, 1.54) is 5.69 Å². The number of hydrogen-bond donors (Lipinski definition) is 1. The first-order chi connectivity index (χ1) is 12.5. The highest BCUT2D eigenvalue weighted by molar-refractivity contribution is 6.33. The van der Waals surface area contributed by atoms with Crippen LogP contribution >= 0.6 is 11.6 Å². The molecule has 0 aliphatic carbocycles. The molecule has 0 saturated heterocycles. The molecule has 0 fully saturated rings. The summed E-state index contributed by atoms with van der Waals surface area (Å²) in [4.78, 5) is 2.10. The van der Waals surface area contributed by atoms with Gasteiger partial charge in [0.1, 0.15) is 0 Å². The quantitative estimate of drug-likeness (QED) is 0.751. The van der Waals surface area contributed by atoms with Crippen molar-refractivity contribution in [3.05, 3.63) is 93.3 Å².